The summed E-state index contributed by atoms with van der Waals surface area (Å²) in [5, 5.41) is 17.5. The first-order chi connectivity index (χ1) is 12.2. The third-order valence-electron chi connectivity index (χ3n) is 4.18. The van der Waals surface area contributed by atoms with Crippen LogP contribution in [0.15, 0.2) is 66.7 Å². The van der Waals surface area contributed by atoms with Crippen LogP contribution in [0, 0.1) is 11.3 Å². The second-order valence-electron chi connectivity index (χ2n) is 5.88. The molecule has 4 heteroatoms. The Labute approximate surface area is 147 Å². The smallest absolute Gasteiger partial charge is 0.238 e. The number of nitrogens with zero attached hydrogens (tertiary/aromatic N) is 1. The molecular weight excluding hydrogens is 310 g/mol. The van der Waals surface area contributed by atoms with E-state index in [1.165, 1.54) is 10.8 Å². The van der Waals surface area contributed by atoms with Gasteiger partial charge in [-0.05, 0) is 35.4 Å². The second kappa shape index (κ2) is 7.61. The first-order valence-corrected chi connectivity index (χ1v) is 8.19. The highest BCUT2D eigenvalue weighted by atomic mass is 16.1. The Morgan fingerprint density at radius 1 is 1.04 bits per heavy atom. The zero-order chi connectivity index (χ0) is 17.6. The van der Waals surface area contributed by atoms with Crippen LogP contribution in [0.2, 0.25) is 0 Å². The molecule has 0 aliphatic carbocycles. The summed E-state index contributed by atoms with van der Waals surface area (Å²) in [5.74, 6) is -0.171. The van der Waals surface area contributed by atoms with Gasteiger partial charge in [0.1, 0.15) is 6.07 Å². The molecule has 0 fully saturated rings. The number of carbonyl (C=O) groups is 1. The van der Waals surface area contributed by atoms with Crippen LogP contribution in [0.3, 0.4) is 0 Å². The van der Waals surface area contributed by atoms with Gasteiger partial charge in [-0.25, -0.2) is 0 Å². The number of fused-ring (bicyclic) bond motifs is 1. The van der Waals surface area contributed by atoms with E-state index in [2.05, 4.69) is 41.0 Å². The molecule has 0 aliphatic rings. The van der Waals surface area contributed by atoms with Gasteiger partial charge in [0.05, 0.1) is 17.8 Å². The molecule has 0 saturated carbocycles. The molecule has 3 aromatic rings. The van der Waals surface area contributed by atoms with Gasteiger partial charge in [0.2, 0.25) is 5.91 Å². The lowest BCUT2D eigenvalue weighted by molar-refractivity contribution is -0.115. The van der Waals surface area contributed by atoms with Crippen molar-refractivity contribution in [2.24, 2.45) is 0 Å². The number of para-hydroxylation sites is 1. The standard InChI is InChI=1S/C21H19N3O/c1-15(18-11-6-9-16-7-2-4-10-19(16)18)23-14-21(25)24-20-12-5-3-8-17(20)13-22/h2-12,15,23H,14H2,1H3,(H,24,25)/t15-/m0/s1. The molecule has 0 saturated heterocycles. The summed E-state index contributed by atoms with van der Waals surface area (Å²) >= 11 is 0. The van der Waals surface area contributed by atoms with Gasteiger partial charge in [0.25, 0.3) is 0 Å². The van der Waals surface area contributed by atoms with E-state index in [-0.39, 0.29) is 18.5 Å². The number of hydrogen-bond acceptors (Lipinski definition) is 3. The number of amides is 1. The molecule has 0 aromatic heterocycles. The lowest BCUT2D eigenvalue weighted by atomic mass is 10.00. The summed E-state index contributed by atoms with van der Waals surface area (Å²) < 4.78 is 0. The highest BCUT2D eigenvalue weighted by molar-refractivity contribution is 5.93. The summed E-state index contributed by atoms with van der Waals surface area (Å²) in [6, 6.07) is 23.5. The minimum Gasteiger partial charge on any atom is -0.324 e. The second-order valence-corrected chi connectivity index (χ2v) is 5.88. The van der Waals surface area contributed by atoms with Gasteiger partial charge in [0.15, 0.2) is 0 Å². The Morgan fingerprint density at radius 2 is 1.76 bits per heavy atom. The van der Waals surface area contributed by atoms with E-state index >= 15 is 0 Å². The lowest BCUT2D eigenvalue weighted by Crippen LogP contribution is -2.30. The van der Waals surface area contributed by atoms with Crippen molar-refractivity contribution in [1.29, 1.82) is 5.26 Å². The molecule has 0 heterocycles. The maximum Gasteiger partial charge on any atom is 0.238 e. The molecule has 124 valence electrons. The fourth-order valence-corrected chi connectivity index (χ4v) is 2.87. The Kier molecular flexibility index (Phi) is 5.08. The molecule has 1 atom stereocenters. The zero-order valence-electron chi connectivity index (χ0n) is 14.0. The zero-order valence-corrected chi connectivity index (χ0v) is 14.0. The number of hydrogen-bond donors (Lipinski definition) is 2. The third-order valence-corrected chi connectivity index (χ3v) is 4.18. The van der Waals surface area contributed by atoms with Crippen molar-refractivity contribution >= 4 is 22.4 Å². The Morgan fingerprint density at radius 3 is 2.60 bits per heavy atom. The molecule has 0 radical (unpaired) electrons. The number of nitrogens with one attached hydrogen (secondary N) is 2. The topological polar surface area (TPSA) is 64.9 Å². The van der Waals surface area contributed by atoms with Gasteiger partial charge < -0.3 is 10.6 Å². The average Bonchev–Trinajstić information content (AvgIpc) is 2.66. The van der Waals surface area contributed by atoms with Crippen molar-refractivity contribution in [2.45, 2.75) is 13.0 Å². The number of anilines is 1. The molecule has 1 amide bonds. The fraction of sp³-hybridized carbons (Fsp3) is 0.143. The van der Waals surface area contributed by atoms with Crippen LogP contribution in [-0.2, 0) is 4.79 Å². The van der Waals surface area contributed by atoms with Crippen molar-refractivity contribution in [2.75, 3.05) is 11.9 Å². The van der Waals surface area contributed by atoms with Crippen LogP contribution in [0.4, 0.5) is 5.69 Å². The average molecular weight is 329 g/mol. The number of nitriles is 1. The van der Waals surface area contributed by atoms with Crippen LogP contribution in [0.5, 0.6) is 0 Å². The van der Waals surface area contributed by atoms with Gasteiger partial charge in [-0.15, -0.1) is 0 Å². The van der Waals surface area contributed by atoms with Crippen molar-refractivity contribution in [3.63, 3.8) is 0 Å². The number of rotatable bonds is 5. The van der Waals surface area contributed by atoms with E-state index in [1.807, 2.05) is 25.1 Å². The van der Waals surface area contributed by atoms with Crippen LogP contribution in [0.25, 0.3) is 10.8 Å². The van der Waals surface area contributed by atoms with Crippen LogP contribution in [0.1, 0.15) is 24.1 Å². The highest BCUT2D eigenvalue weighted by Gasteiger charge is 2.11. The minimum absolute atomic E-state index is 0.0306. The molecule has 25 heavy (non-hydrogen) atoms. The molecule has 2 N–H and O–H groups in total. The van der Waals surface area contributed by atoms with E-state index in [0.717, 1.165) is 5.56 Å². The van der Waals surface area contributed by atoms with Crippen molar-refractivity contribution in [3.8, 4) is 6.07 Å². The molecule has 4 nitrogen and oxygen atoms in total. The van der Waals surface area contributed by atoms with Gasteiger partial charge in [-0.1, -0.05) is 54.6 Å². The first-order valence-electron chi connectivity index (χ1n) is 8.19. The largest absolute Gasteiger partial charge is 0.324 e. The minimum atomic E-state index is -0.171. The molecule has 0 spiro atoms. The van der Waals surface area contributed by atoms with Gasteiger partial charge in [-0.3, -0.25) is 4.79 Å². The van der Waals surface area contributed by atoms with E-state index < -0.39 is 0 Å². The van der Waals surface area contributed by atoms with Crippen molar-refractivity contribution in [1.82, 2.24) is 5.32 Å². The fourth-order valence-electron chi connectivity index (χ4n) is 2.87. The maximum atomic E-state index is 12.2. The molecule has 3 rings (SSSR count). The third kappa shape index (κ3) is 3.85. The van der Waals surface area contributed by atoms with E-state index in [4.69, 9.17) is 5.26 Å². The van der Waals surface area contributed by atoms with Crippen LogP contribution >= 0.6 is 0 Å². The van der Waals surface area contributed by atoms with E-state index in [0.29, 0.717) is 11.3 Å². The SMILES string of the molecule is C[C@H](NCC(=O)Nc1ccccc1C#N)c1cccc2ccccc12. The van der Waals surface area contributed by atoms with E-state index in [1.54, 1.807) is 24.3 Å². The molecular formula is C21H19N3O. The van der Waals surface area contributed by atoms with Crippen molar-refractivity contribution < 1.29 is 4.79 Å². The Hall–Kier alpha value is -3.16. The monoisotopic (exact) mass is 329 g/mol. The van der Waals surface area contributed by atoms with Crippen molar-refractivity contribution in [3.05, 3.63) is 77.9 Å². The normalized spacial score (nSPS) is 11.7. The summed E-state index contributed by atoms with van der Waals surface area (Å²) in [6.07, 6.45) is 0. The predicted molar refractivity (Wildman–Crippen MR) is 100 cm³/mol. The molecule has 0 bridgehead atoms. The van der Waals surface area contributed by atoms with Crippen LogP contribution in [-0.4, -0.2) is 12.5 Å². The first kappa shape index (κ1) is 16.7. The lowest BCUT2D eigenvalue weighted by Gasteiger charge is -2.16. The Bertz CT molecular complexity index is 938. The van der Waals surface area contributed by atoms with Gasteiger partial charge in [0, 0.05) is 6.04 Å². The van der Waals surface area contributed by atoms with E-state index in [9.17, 15) is 4.79 Å². The van der Waals surface area contributed by atoms with Gasteiger partial charge in [-0.2, -0.15) is 5.26 Å². The van der Waals surface area contributed by atoms with Gasteiger partial charge >= 0.3 is 0 Å². The highest BCUT2D eigenvalue weighted by Crippen LogP contribution is 2.23. The Balaban J connectivity index is 1.66. The summed E-state index contributed by atoms with van der Waals surface area (Å²) in [4.78, 5) is 12.2. The maximum absolute atomic E-state index is 12.2. The summed E-state index contributed by atoms with van der Waals surface area (Å²) in [6.45, 7) is 2.21. The molecule has 3 aromatic carbocycles. The molecule has 0 aliphatic heterocycles. The van der Waals surface area contributed by atoms with Crippen LogP contribution < -0.4 is 10.6 Å². The number of carbonyl (C=O) groups excluding carboxylic acids is 1. The quantitative estimate of drug-likeness (QED) is 0.743. The summed E-state index contributed by atoms with van der Waals surface area (Å²) in [5.41, 5.74) is 2.15. The number of benzene rings is 3. The summed E-state index contributed by atoms with van der Waals surface area (Å²) in [7, 11) is 0. The molecule has 0 unspecified atom stereocenters. The predicted octanol–water partition coefficient (Wildman–Crippen LogP) is 4.00.